The number of carbonyl (C=O) groups excluding carboxylic acids is 2. The van der Waals surface area contributed by atoms with Crippen molar-refractivity contribution in [3.05, 3.63) is 0 Å². The number of aldehydes is 1. The molecular formula is C24H38O10. The van der Waals surface area contributed by atoms with Gasteiger partial charge in [0.15, 0.2) is 17.7 Å². The molecule has 0 saturated heterocycles. The predicted molar refractivity (Wildman–Crippen MR) is 119 cm³/mol. The highest BCUT2D eigenvalue weighted by Crippen LogP contribution is 2.74. The van der Waals surface area contributed by atoms with Crippen molar-refractivity contribution in [1.82, 2.24) is 0 Å². The van der Waals surface area contributed by atoms with Gasteiger partial charge in [0, 0.05) is 24.7 Å². The van der Waals surface area contributed by atoms with E-state index >= 15 is 0 Å². The summed E-state index contributed by atoms with van der Waals surface area (Å²) < 4.78 is 0. The second-order valence-electron chi connectivity index (χ2n) is 11.5. The summed E-state index contributed by atoms with van der Waals surface area (Å²) in [5.41, 5.74) is -8.22. The van der Waals surface area contributed by atoms with Crippen LogP contribution in [0.2, 0.25) is 0 Å². The Morgan fingerprint density at radius 1 is 0.941 bits per heavy atom. The number of hydrogen-bond acceptors (Lipinski definition) is 8. The van der Waals surface area contributed by atoms with Gasteiger partial charge in [0.2, 0.25) is 0 Å². The minimum absolute atomic E-state index is 0.0527. The van der Waals surface area contributed by atoms with Gasteiger partial charge in [-0.3, -0.25) is 14.4 Å². The molecule has 6 N–H and O–H groups in total. The zero-order chi connectivity index (χ0) is 26.5. The first-order chi connectivity index (χ1) is 15.3. The summed E-state index contributed by atoms with van der Waals surface area (Å²) in [7, 11) is 0. The number of aliphatic hydroxyl groups excluding tert-OH is 1. The lowest BCUT2D eigenvalue weighted by atomic mass is 9.38. The first kappa shape index (κ1) is 28.4. The van der Waals surface area contributed by atoms with E-state index in [1.807, 2.05) is 6.92 Å². The highest BCUT2D eigenvalue weighted by Gasteiger charge is 2.83. The Labute approximate surface area is 199 Å². The number of aliphatic carboxylic acids is 2. The quantitative estimate of drug-likeness (QED) is 0.290. The van der Waals surface area contributed by atoms with Gasteiger partial charge in [0.25, 0.3) is 11.9 Å². The van der Waals surface area contributed by atoms with Gasteiger partial charge in [-0.25, -0.2) is 0 Å². The highest BCUT2D eigenvalue weighted by molar-refractivity contribution is 5.97. The average Bonchev–Trinajstić information content (AvgIpc) is 2.90. The van der Waals surface area contributed by atoms with Crippen LogP contribution >= 0.6 is 0 Å². The van der Waals surface area contributed by atoms with Gasteiger partial charge in [0.05, 0.1) is 0 Å². The van der Waals surface area contributed by atoms with Crippen molar-refractivity contribution in [1.29, 1.82) is 0 Å². The summed E-state index contributed by atoms with van der Waals surface area (Å²) in [6, 6.07) is 0. The molecule has 0 unspecified atom stereocenters. The summed E-state index contributed by atoms with van der Waals surface area (Å²) in [5.74, 6) is -2.40. The van der Waals surface area contributed by atoms with Crippen LogP contribution in [0.15, 0.2) is 0 Å². The van der Waals surface area contributed by atoms with E-state index in [2.05, 4.69) is 13.8 Å². The lowest BCUT2D eigenvalue weighted by molar-refractivity contribution is -0.264. The van der Waals surface area contributed by atoms with E-state index in [-0.39, 0.29) is 30.5 Å². The highest BCUT2D eigenvalue weighted by atomic mass is 16.4. The topological polar surface area (TPSA) is 190 Å². The number of carboxylic acid groups (broad SMARTS) is 2. The molecule has 4 rings (SSSR count). The molecule has 7 atom stereocenters. The molecule has 0 heterocycles. The summed E-state index contributed by atoms with van der Waals surface area (Å²) in [5, 5.41) is 59.2. The van der Waals surface area contributed by atoms with Crippen molar-refractivity contribution >= 4 is 24.0 Å². The standard InChI is InChI=1S/C20H30O6.2C2H4O2/c1-15(2)6-4-7-16(3)12(15)5-8-17-9-18(24,11-21)19(25,10-17)13(22)14(23)20(16,17)26;2*1-2(3)4/h11-13,22,24-26H,4-10H2,1-3H3;2*1H3,(H,3,4)/t12-,13+,16-,17-,18+,19-,20-;;/m1../s1. The van der Waals surface area contributed by atoms with Crippen molar-refractivity contribution in [2.75, 3.05) is 0 Å². The van der Waals surface area contributed by atoms with E-state index in [1.165, 1.54) is 0 Å². The van der Waals surface area contributed by atoms with Crippen molar-refractivity contribution in [3.63, 3.8) is 0 Å². The van der Waals surface area contributed by atoms with Crippen LogP contribution in [0.1, 0.15) is 79.6 Å². The summed E-state index contributed by atoms with van der Waals surface area (Å²) in [4.78, 5) is 43.0. The maximum absolute atomic E-state index is 13.3. The third-order valence-electron chi connectivity index (χ3n) is 8.95. The second kappa shape index (κ2) is 8.65. The Hall–Kier alpha value is -1.88. The van der Waals surface area contributed by atoms with Crippen LogP contribution < -0.4 is 0 Å². The smallest absolute Gasteiger partial charge is 0.300 e. The van der Waals surface area contributed by atoms with Gasteiger partial charge >= 0.3 is 0 Å². The summed E-state index contributed by atoms with van der Waals surface area (Å²) in [6.45, 7) is 8.41. The summed E-state index contributed by atoms with van der Waals surface area (Å²) >= 11 is 0. The van der Waals surface area contributed by atoms with Crippen LogP contribution in [-0.2, 0) is 19.2 Å². The molecule has 34 heavy (non-hydrogen) atoms. The van der Waals surface area contributed by atoms with Gasteiger partial charge < -0.3 is 35.4 Å². The lowest BCUT2D eigenvalue weighted by Gasteiger charge is -2.67. The minimum Gasteiger partial charge on any atom is -0.481 e. The fourth-order valence-corrected chi connectivity index (χ4v) is 7.74. The van der Waals surface area contributed by atoms with E-state index in [0.29, 0.717) is 12.8 Å². The maximum atomic E-state index is 13.3. The van der Waals surface area contributed by atoms with Crippen LogP contribution in [0.3, 0.4) is 0 Å². The lowest BCUT2D eigenvalue weighted by Crippen LogP contribution is -2.76. The van der Waals surface area contributed by atoms with Crippen molar-refractivity contribution in [3.8, 4) is 0 Å². The number of Topliss-reactive ketones (excluding diaryl/α,β-unsaturated/α-hetero) is 1. The van der Waals surface area contributed by atoms with Crippen LogP contribution in [0, 0.1) is 22.2 Å². The van der Waals surface area contributed by atoms with Crippen molar-refractivity contribution in [2.45, 2.75) is 102 Å². The fourth-order valence-electron chi connectivity index (χ4n) is 7.74. The Morgan fingerprint density at radius 2 is 1.44 bits per heavy atom. The Bertz CT molecular complexity index is 850. The minimum atomic E-state index is -2.23. The molecule has 0 radical (unpaired) electrons. The van der Waals surface area contributed by atoms with E-state index in [1.54, 1.807) is 0 Å². The molecule has 10 nitrogen and oxygen atoms in total. The normalized spacial score (nSPS) is 45.9. The fraction of sp³-hybridized carbons (Fsp3) is 0.833. The molecular weight excluding hydrogens is 448 g/mol. The van der Waals surface area contributed by atoms with Crippen LogP contribution in [0.4, 0.5) is 0 Å². The number of aliphatic hydroxyl groups is 4. The van der Waals surface area contributed by atoms with Gasteiger partial charge in [0.1, 0.15) is 17.3 Å². The SMILES string of the molecule is CC(=O)O.CC(=O)O.CC1(C)CCC[C@]2(C)[C@@H]1CC[C@@]13C[C@](O)(C=O)[C@@](O)(C1)[C@@H](O)C(=O)[C@]32O. The zero-order valence-corrected chi connectivity index (χ0v) is 20.5. The zero-order valence-electron chi connectivity index (χ0n) is 20.5. The molecule has 0 aliphatic heterocycles. The van der Waals surface area contributed by atoms with Gasteiger partial charge in [-0.1, -0.05) is 27.2 Å². The monoisotopic (exact) mass is 486 g/mol. The Kier molecular flexibility index (Phi) is 7.22. The van der Waals surface area contributed by atoms with E-state index in [9.17, 15) is 30.0 Å². The third kappa shape index (κ3) is 3.79. The third-order valence-corrected chi connectivity index (χ3v) is 8.95. The Morgan fingerprint density at radius 3 is 1.91 bits per heavy atom. The molecule has 10 heteroatoms. The molecule has 4 fully saturated rings. The average molecular weight is 487 g/mol. The largest absolute Gasteiger partial charge is 0.481 e. The first-order valence-electron chi connectivity index (χ1n) is 11.6. The number of carboxylic acids is 2. The maximum Gasteiger partial charge on any atom is 0.300 e. The molecule has 4 aliphatic carbocycles. The predicted octanol–water partition coefficient (Wildman–Crippen LogP) is 0.911. The molecule has 0 aromatic carbocycles. The molecule has 0 aromatic rings. The molecule has 4 saturated carbocycles. The van der Waals surface area contributed by atoms with E-state index in [4.69, 9.17) is 19.8 Å². The van der Waals surface area contributed by atoms with E-state index < -0.39 is 51.5 Å². The number of hydrogen-bond donors (Lipinski definition) is 6. The number of fused-ring (bicyclic) bond motifs is 3. The Balaban J connectivity index is 0.000000446. The van der Waals surface area contributed by atoms with Crippen LogP contribution in [0.5, 0.6) is 0 Å². The molecule has 4 aliphatic rings. The van der Waals surface area contributed by atoms with Gasteiger partial charge in [-0.15, -0.1) is 0 Å². The number of rotatable bonds is 1. The van der Waals surface area contributed by atoms with Crippen molar-refractivity contribution in [2.24, 2.45) is 22.2 Å². The second-order valence-corrected chi connectivity index (χ2v) is 11.5. The molecule has 0 aromatic heterocycles. The number of carbonyl (C=O) groups is 4. The van der Waals surface area contributed by atoms with Crippen LogP contribution in [-0.4, -0.2) is 77.6 Å². The van der Waals surface area contributed by atoms with E-state index in [0.717, 1.165) is 33.1 Å². The molecule has 0 amide bonds. The van der Waals surface area contributed by atoms with Gasteiger partial charge in [-0.2, -0.15) is 0 Å². The summed E-state index contributed by atoms with van der Waals surface area (Å²) in [6.07, 6.45) is 1.67. The first-order valence-corrected chi connectivity index (χ1v) is 11.6. The van der Waals surface area contributed by atoms with Crippen LogP contribution in [0.25, 0.3) is 0 Å². The molecule has 1 spiro atoms. The number of ketones is 1. The molecule has 2 bridgehead atoms. The van der Waals surface area contributed by atoms with Gasteiger partial charge in [-0.05, 0) is 49.9 Å². The molecule has 194 valence electrons. The van der Waals surface area contributed by atoms with Crippen molar-refractivity contribution < 1.29 is 49.8 Å².